The Labute approximate surface area is 137 Å². The van der Waals surface area contributed by atoms with Crippen molar-refractivity contribution in [3.05, 3.63) is 48.2 Å². The molecule has 0 saturated heterocycles. The first kappa shape index (κ1) is 15.4. The van der Waals surface area contributed by atoms with E-state index >= 15 is 0 Å². The number of aryl methyl sites for hydroxylation is 1. The number of ether oxygens (including phenoxy) is 1. The molecular weight excluding hydrogens is 314 g/mol. The van der Waals surface area contributed by atoms with Crippen molar-refractivity contribution in [2.75, 3.05) is 0 Å². The fourth-order valence-electron chi connectivity index (χ4n) is 1.89. The first-order valence-corrected chi connectivity index (χ1v) is 7.91. The highest BCUT2D eigenvalue weighted by Gasteiger charge is 2.20. The molecule has 3 aromatic rings. The predicted octanol–water partition coefficient (Wildman–Crippen LogP) is 3.46. The van der Waals surface area contributed by atoms with Crippen molar-refractivity contribution in [2.24, 2.45) is 0 Å². The lowest BCUT2D eigenvalue weighted by atomic mass is 10.2. The third kappa shape index (κ3) is 3.62. The number of rotatable bonds is 5. The molecule has 0 radical (unpaired) electrons. The first-order valence-electron chi connectivity index (χ1n) is 7.04. The van der Waals surface area contributed by atoms with Crippen molar-refractivity contribution < 1.29 is 13.9 Å². The van der Waals surface area contributed by atoms with Crippen LogP contribution in [0.3, 0.4) is 0 Å². The number of furan rings is 1. The number of aromatic amines is 1. The number of hydrogen-bond acceptors (Lipinski definition) is 6. The van der Waals surface area contributed by atoms with Crippen molar-refractivity contribution in [2.45, 2.75) is 24.3 Å². The van der Waals surface area contributed by atoms with Crippen LogP contribution >= 0.6 is 11.8 Å². The van der Waals surface area contributed by atoms with E-state index in [9.17, 15) is 4.79 Å². The molecule has 0 aliphatic carbocycles. The van der Waals surface area contributed by atoms with Crippen LogP contribution in [0.15, 0.2) is 52.2 Å². The Kier molecular flexibility index (Phi) is 4.47. The van der Waals surface area contributed by atoms with Gasteiger partial charge < -0.3 is 9.15 Å². The van der Waals surface area contributed by atoms with Gasteiger partial charge in [0.05, 0.1) is 6.26 Å². The number of esters is 1. The smallest absolute Gasteiger partial charge is 0.324 e. The Morgan fingerprint density at radius 2 is 2.13 bits per heavy atom. The van der Waals surface area contributed by atoms with E-state index in [4.69, 9.17) is 9.15 Å². The number of hydrogen-bond donors (Lipinski definition) is 1. The summed E-state index contributed by atoms with van der Waals surface area (Å²) in [6.07, 6.45) is 1.56. The number of carbonyl (C=O) groups excluding carboxylic acids is 1. The third-order valence-electron chi connectivity index (χ3n) is 3.14. The van der Waals surface area contributed by atoms with Crippen LogP contribution in [0, 0.1) is 6.92 Å². The Bertz CT molecular complexity index is 799. The Hall–Kier alpha value is -2.54. The summed E-state index contributed by atoms with van der Waals surface area (Å²) in [6, 6.07) is 10.9. The second-order valence-corrected chi connectivity index (χ2v) is 6.20. The molecule has 0 saturated carbocycles. The monoisotopic (exact) mass is 329 g/mol. The highest BCUT2D eigenvalue weighted by atomic mass is 32.2. The molecule has 23 heavy (non-hydrogen) atoms. The summed E-state index contributed by atoms with van der Waals surface area (Å²) in [5, 5.41) is 6.89. The van der Waals surface area contributed by atoms with Gasteiger partial charge in [0.25, 0.3) is 0 Å². The molecule has 1 atom stereocenters. The highest BCUT2D eigenvalue weighted by molar-refractivity contribution is 8.00. The molecule has 1 N–H and O–H groups in total. The molecule has 0 aliphatic heterocycles. The molecule has 1 unspecified atom stereocenters. The van der Waals surface area contributed by atoms with Gasteiger partial charge in [-0.25, -0.2) is 0 Å². The average Bonchev–Trinajstić information content (AvgIpc) is 3.20. The van der Waals surface area contributed by atoms with Crippen LogP contribution in [0.2, 0.25) is 0 Å². The number of benzene rings is 1. The van der Waals surface area contributed by atoms with Gasteiger partial charge in [-0.2, -0.15) is 4.98 Å². The second-order valence-electron chi connectivity index (χ2n) is 4.89. The zero-order valence-electron chi connectivity index (χ0n) is 12.6. The average molecular weight is 329 g/mol. The number of H-pyrrole nitrogens is 1. The van der Waals surface area contributed by atoms with Crippen molar-refractivity contribution in [1.82, 2.24) is 15.2 Å². The number of para-hydroxylation sites is 1. The predicted molar refractivity (Wildman–Crippen MR) is 86.2 cm³/mol. The molecule has 0 amide bonds. The minimum absolute atomic E-state index is 0.339. The largest absolute Gasteiger partial charge is 0.461 e. The SMILES string of the molecule is Cc1ccccc1OC(=O)C(C)Sc1n[nH]c(-c2ccco2)n1. The fourth-order valence-corrected chi connectivity index (χ4v) is 2.59. The fraction of sp³-hybridized carbons (Fsp3) is 0.188. The van der Waals surface area contributed by atoms with E-state index in [1.807, 2.05) is 25.1 Å². The van der Waals surface area contributed by atoms with Gasteiger partial charge in [0.1, 0.15) is 11.0 Å². The summed E-state index contributed by atoms with van der Waals surface area (Å²) in [7, 11) is 0. The maximum absolute atomic E-state index is 12.2. The Morgan fingerprint density at radius 3 is 2.87 bits per heavy atom. The second kappa shape index (κ2) is 6.70. The Balaban J connectivity index is 1.64. The number of nitrogens with one attached hydrogen (secondary N) is 1. The van der Waals surface area contributed by atoms with Gasteiger partial charge in [-0.15, -0.1) is 5.10 Å². The van der Waals surface area contributed by atoms with Gasteiger partial charge in [0.2, 0.25) is 5.16 Å². The van der Waals surface area contributed by atoms with Crippen LogP contribution in [-0.2, 0) is 4.79 Å². The molecule has 118 valence electrons. The molecule has 0 spiro atoms. The van der Waals surface area contributed by atoms with Gasteiger partial charge in [0.15, 0.2) is 11.6 Å². The summed E-state index contributed by atoms with van der Waals surface area (Å²) < 4.78 is 10.7. The van der Waals surface area contributed by atoms with Crippen LogP contribution in [0.1, 0.15) is 12.5 Å². The molecule has 6 nitrogen and oxygen atoms in total. The zero-order chi connectivity index (χ0) is 16.2. The van der Waals surface area contributed by atoms with E-state index in [1.54, 1.807) is 31.4 Å². The van der Waals surface area contributed by atoms with Gasteiger partial charge in [-0.3, -0.25) is 9.89 Å². The van der Waals surface area contributed by atoms with E-state index in [2.05, 4.69) is 15.2 Å². The molecule has 1 aromatic carbocycles. The summed E-state index contributed by atoms with van der Waals surface area (Å²) in [5.74, 6) is 1.35. The lowest BCUT2D eigenvalue weighted by Gasteiger charge is -2.10. The summed E-state index contributed by atoms with van der Waals surface area (Å²) in [4.78, 5) is 16.5. The number of thioether (sulfide) groups is 1. The number of nitrogens with zero attached hydrogens (tertiary/aromatic N) is 2. The standard InChI is InChI=1S/C16H15N3O3S/c1-10-6-3-4-7-12(10)22-15(20)11(2)23-16-17-14(18-19-16)13-8-5-9-21-13/h3-9,11H,1-2H3,(H,17,18,19). The lowest BCUT2D eigenvalue weighted by molar-refractivity contribution is -0.133. The van der Waals surface area contributed by atoms with Crippen LogP contribution in [-0.4, -0.2) is 26.4 Å². The van der Waals surface area contributed by atoms with E-state index in [0.717, 1.165) is 5.56 Å². The van der Waals surface area contributed by atoms with Gasteiger partial charge >= 0.3 is 5.97 Å². The van der Waals surface area contributed by atoms with Gasteiger partial charge in [-0.1, -0.05) is 30.0 Å². The molecule has 0 aliphatic rings. The van der Waals surface area contributed by atoms with Crippen LogP contribution in [0.25, 0.3) is 11.6 Å². The third-order valence-corrected chi connectivity index (χ3v) is 4.08. The topological polar surface area (TPSA) is 81.0 Å². The first-order chi connectivity index (χ1) is 11.1. The molecule has 3 rings (SSSR count). The van der Waals surface area contributed by atoms with E-state index < -0.39 is 5.25 Å². The normalized spacial score (nSPS) is 12.1. The molecular formula is C16H15N3O3S. The molecule has 2 aromatic heterocycles. The summed E-state index contributed by atoms with van der Waals surface area (Å²) in [6.45, 7) is 3.65. The summed E-state index contributed by atoms with van der Waals surface area (Å²) >= 11 is 1.23. The lowest BCUT2D eigenvalue weighted by Crippen LogP contribution is -2.20. The maximum Gasteiger partial charge on any atom is 0.324 e. The number of carbonyl (C=O) groups is 1. The minimum atomic E-state index is -0.435. The van der Waals surface area contributed by atoms with E-state index in [-0.39, 0.29) is 5.97 Å². The van der Waals surface area contributed by atoms with Gasteiger partial charge in [0, 0.05) is 0 Å². The van der Waals surface area contributed by atoms with Crippen LogP contribution in [0.5, 0.6) is 5.75 Å². The van der Waals surface area contributed by atoms with Crippen LogP contribution < -0.4 is 4.74 Å². The zero-order valence-corrected chi connectivity index (χ0v) is 13.5. The van der Waals surface area contributed by atoms with Gasteiger partial charge in [-0.05, 0) is 37.6 Å². The molecule has 2 heterocycles. The summed E-state index contributed by atoms with van der Waals surface area (Å²) in [5.41, 5.74) is 0.913. The molecule has 0 bridgehead atoms. The molecule has 7 heteroatoms. The highest BCUT2D eigenvalue weighted by Crippen LogP contribution is 2.25. The van der Waals surface area contributed by atoms with Crippen LogP contribution in [0.4, 0.5) is 0 Å². The van der Waals surface area contributed by atoms with E-state index in [1.165, 1.54) is 11.8 Å². The van der Waals surface area contributed by atoms with Crippen molar-refractivity contribution >= 4 is 17.7 Å². The van der Waals surface area contributed by atoms with E-state index in [0.29, 0.717) is 22.5 Å². The molecule has 0 fully saturated rings. The quantitative estimate of drug-likeness (QED) is 0.438. The number of aromatic nitrogens is 3. The van der Waals surface area contributed by atoms with Crippen molar-refractivity contribution in [3.8, 4) is 17.3 Å². The minimum Gasteiger partial charge on any atom is -0.461 e. The van der Waals surface area contributed by atoms with Crippen molar-refractivity contribution in [1.29, 1.82) is 0 Å². The Morgan fingerprint density at radius 1 is 1.30 bits per heavy atom. The maximum atomic E-state index is 12.2. The van der Waals surface area contributed by atoms with Crippen molar-refractivity contribution in [3.63, 3.8) is 0 Å².